The molecule has 110 valence electrons. The molecule has 2 N–H and O–H groups in total. The molecule has 1 aromatic rings. The Morgan fingerprint density at radius 2 is 2.16 bits per heavy atom. The van der Waals surface area contributed by atoms with Gasteiger partial charge in [0, 0.05) is 31.7 Å². The van der Waals surface area contributed by atoms with E-state index in [1.54, 1.807) is 7.11 Å². The number of nitrogens with one attached hydrogen (secondary N) is 2. The first-order valence-electron chi connectivity index (χ1n) is 6.29. The molecule has 0 fully saturated rings. The SMILES string of the molecule is CCNCc1scc(C)c1S(=O)(=O)NCCCOC. The zero-order valence-electron chi connectivity index (χ0n) is 11.7. The van der Waals surface area contributed by atoms with Gasteiger partial charge in [0.15, 0.2) is 0 Å². The molecule has 0 radical (unpaired) electrons. The van der Waals surface area contributed by atoms with Crippen molar-refractivity contribution in [3.05, 3.63) is 15.8 Å². The second-order valence-corrected chi connectivity index (χ2v) is 6.86. The Hall–Kier alpha value is -0.470. The summed E-state index contributed by atoms with van der Waals surface area (Å²) in [7, 11) is -1.82. The van der Waals surface area contributed by atoms with E-state index in [1.807, 2.05) is 19.2 Å². The van der Waals surface area contributed by atoms with E-state index in [2.05, 4.69) is 10.0 Å². The fraction of sp³-hybridized carbons (Fsp3) is 0.667. The molecule has 7 heteroatoms. The van der Waals surface area contributed by atoms with Crippen LogP contribution in [-0.2, 0) is 21.3 Å². The molecule has 1 rings (SSSR count). The van der Waals surface area contributed by atoms with Crippen LogP contribution in [0.25, 0.3) is 0 Å². The molecule has 0 amide bonds. The summed E-state index contributed by atoms with van der Waals surface area (Å²) in [5.41, 5.74) is 0.803. The molecular weight excluding hydrogens is 284 g/mol. The first-order chi connectivity index (χ1) is 9.03. The van der Waals surface area contributed by atoms with E-state index in [1.165, 1.54) is 11.3 Å². The van der Waals surface area contributed by atoms with Crippen molar-refractivity contribution in [2.24, 2.45) is 0 Å². The molecule has 5 nitrogen and oxygen atoms in total. The number of thiophene rings is 1. The third kappa shape index (κ3) is 4.85. The lowest BCUT2D eigenvalue weighted by Gasteiger charge is -2.09. The average Bonchev–Trinajstić information content (AvgIpc) is 2.74. The van der Waals surface area contributed by atoms with Crippen LogP contribution in [0.3, 0.4) is 0 Å². The van der Waals surface area contributed by atoms with Crippen molar-refractivity contribution in [2.75, 3.05) is 26.8 Å². The number of hydrogen-bond donors (Lipinski definition) is 2. The molecule has 0 bridgehead atoms. The smallest absolute Gasteiger partial charge is 0.241 e. The van der Waals surface area contributed by atoms with Gasteiger partial charge in [-0.3, -0.25) is 0 Å². The van der Waals surface area contributed by atoms with E-state index in [-0.39, 0.29) is 0 Å². The maximum Gasteiger partial charge on any atom is 0.241 e. The zero-order chi connectivity index (χ0) is 14.3. The van der Waals surface area contributed by atoms with Gasteiger partial charge in [-0.25, -0.2) is 13.1 Å². The number of rotatable bonds is 9. The average molecular weight is 306 g/mol. The topological polar surface area (TPSA) is 67.4 Å². The van der Waals surface area contributed by atoms with Gasteiger partial charge in [0.2, 0.25) is 10.0 Å². The Bertz CT molecular complexity index is 483. The van der Waals surface area contributed by atoms with E-state index >= 15 is 0 Å². The van der Waals surface area contributed by atoms with Crippen LogP contribution in [0, 0.1) is 6.92 Å². The lowest BCUT2D eigenvalue weighted by atomic mass is 10.3. The molecule has 0 aliphatic carbocycles. The Morgan fingerprint density at radius 1 is 1.42 bits per heavy atom. The molecular formula is C12H22N2O3S2. The van der Waals surface area contributed by atoms with Gasteiger partial charge in [0.05, 0.1) is 0 Å². The third-order valence-corrected chi connectivity index (χ3v) is 5.53. The highest BCUT2D eigenvalue weighted by Gasteiger charge is 2.22. The van der Waals surface area contributed by atoms with Crippen LogP contribution >= 0.6 is 11.3 Å². The Kier molecular flexibility index (Phi) is 6.95. The Morgan fingerprint density at radius 3 is 2.79 bits per heavy atom. The number of sulfonamides is 1. The standard InChI is InChI=1S/C12H22N2O3S2/c1-4-13-8-11-12(10(2)9-18-11)19(15,16)14-6-5-7-17-3/h9,13-14H,4-8H2,1-3H3. The van der Waals surface area contributed by atoms with Gasteiger partial charge in [-0.2, -0.15) is 0 Å². The summed E-state index contributed by atoms with van der Waals surface area (Å²) in [6.45, 7) is 6.18. The second-order valence-electron chi connectivity index (χ2n) is 4.20. The lowest BCUT2D eigenvalue weighted by molar-refractivity contribution is 0.196. The first-order valence-corrected chi connectivity index (χ1v) is 8.65. The van der Waals surface area contributed by atoms with Crippen molar-refractivity contribution < 1.29 is 13.2 Å². The maximum absolute atomic E-state index is 12.3. The van der Waals surface area contributed by atoms with E-state index in [9.17, 15) is 8.42 Å². The van der Waals surface area contributed by atoms with Crippen LogP contribution in [0.1, 0.15) is 23.8 Å². The van der Waals surface area contributed by atoms with Crippen LogP contribution in [0.4, 0.5) is 0 Å². The summed E-state index contributed by atoms with van der Waals surface area (Å²) in [6.07, 6.45) is 0.668. The summed E-state index contributed by atoms with van der Waals surface area (Å²) >= 11 is 1.48. The summed E-state index contributed by atoms with van der Waals surface area (Å²) in [5.74, 6) is 0. The van der Waals surface area contributed by atoms with E-state index < -0.39 is 10.0 Å². The van der Waals surface area contributed by atoms with Crippen LogP contribution in [0.2, 0.25) is 0 Å². The normalized spacial score (nSPS) is 11.9. The minimum Gasteiger partial charge on any atom is -0.385 e. The van der Waals surface area contributed by atoms with Gasteiger partial charge in [-0.1, -0.05) is 6.92 Å². The van der Waals surface area contributed by atoms with Crippen LogP contribution < -0.4 is 10.0 Å². The number of hydrogen-bond acceptors (Lipinski definition) is 5. The highest BCUT2D eigenvalue weighted by Crippen LogP contribution is 2.26. The lowest BCUT2D eigenvalue weighted by Crippen LogP contribution is -2.27. The summed E-state index contributed by atoms with van der Waals surface area (Å²) in [6, 6.07) is 0. The quantitative estimate of drug-likeness (QED) is 0.678. The number of ether oxygens (including phenoxy) is 1. The van der Waals surface area contributed by atoms with Crippen molar-refractivity contribution in [1.82, 2.24) is 10.0 Å². The monoisotopic (exact) mass is 306 g/mol. The fourth-order valence-corrected chi connectivity index (χ4v) is 4.55. The molecule has 0 unspecified atom stereocenters. The first kappa shape index (κ1) is 16.6. The second kappa shape index (κ2) is 7.96. The molecule has 1 aromatic heterocycles. The number of aryl methyl sites for hydroxylation is 1. The molecule has 19 heavy (non-hydrogen) atoms. The van der Waals surface area contributed by atoms with Crippen molar-refractivity contribution in [2.45, 2.75) is 31.7 Å². The van der Waals surface area contributed by atoms with E-state index in [4.69, 9.17) is 4.74 Å². The molecule has 0 aromatic carbocycles. The Balaban J connectivity index is 2.78. The predicted molar refractivity (Wildman–Crippen MR) is 78.1 cm³/mol. The summed E-state index contributed by atoms with van der Waals surface area (Å²) < 4.78 is 32.1. The minimum atomic E-state index is -3.42. The number of methoxy groups -OCH3 is 1. The van der Waals surface area contributed by atoms with Gasteiger partial charge < -0.3 is 10.1 Å². The largest absolute Gasteiger partial charge is 0.385 e. The molecule has 0 saturated carbocycles. The highest BCUT2D eigenvalue weighted by molar-refractivity contribution is 7.89. The van der Waals surface area contributed by atoms with E-state index in [0.29, 0.717) is 31.0 Å². The van der Waals surface area contributed by atoms with Crippen LogP contribution in [-0.4, -0.2) is 35.2 Å². The van der Waals surface area contributed by atoms with Gasteiger partial charge in [0.1, 0.15) is 4.90 Å². The zero-order valence-corrected chi connectivity index (χ0v) is 13.3. The highest BCUT2D eigenvalue weighted by atomic mass is 32.2. The van der Waals surface area contributed by atoms with Gasteiger partial charge in [0.25, 0.3) is 0 Å². The third-order valence-electron chi connectivity index (χ3n) is 2.61. The van der Waals surface area contributed by atoms with Crippen molar-refractivity contribution >= 4 is 21.4 Å². The fourth-order valence-electron chi connectivity index (χ4n) is 1.70. The molecule has 0 aliphatic heterocycles. The van der Waals surface area contributed by atoms with Crippen LogP contribution in [0.5, 0.6) is 0 Å². The minimum absolute atomic E-state index is 0.395. The van der Waals surface area contributed by atoms with Crippen molar-refractivity contribution in [1.29, 1.82) is 0 Å². The summed E-state index contributed by atoms with van der Waals surface area (Å²) in [5, 5.41) is 5.05. The van der Waals surface area contributed by atoms with Crippen molar-refractivity contribution in [3.63, 3.8) is 0 Å². The molecule has 0 atom stereocenters. The molecule has 0 saturated heterocycles. The van der Waals surface area contributed by atoms with Gasteiger partial charge in [-0.05, 0) is 30.8 Å². The molecule has 1 heterocycles. The van der Waals surface area contributed by atoms with Gasteiger partial charge in [-0.15, -0.1) is 11.3 Å². The van der Waals surface area contributed by atoms with Crippen molar-refractivity contribution in [3.8, 4) is 0 Å². The summed E-state index contributed by atoms with van der Waals surface area (Å²) in [4.78, 5) is 1.29. The maximum atomic E-state index is 12.3. The van der Waals surface area contributed by atoms with Gasteiger partial charge >= 0.3 is 0 Å². The predicted octanol–water partition coefficient (Wildman–Crippen LogP) is 1.48. The molecule has 0 aliphatic rings. The molecule has 0 spiro atoms. The Labute approximate surface area is 119 Å². The van der Waals surface area contributed by atoms with Crippen LogP contribution in [0.15, 0.2) is 10.3 Å². The van der Waals surface area contributed by atoms with E-state index in [0.717, 1.165) is 17.0 Å².